The third-order valence-corrected chi connectivity index (χ3v) is 24.5. The maximum absolute atomic E-state index is 12.5. The van der Waals surface area contributed by atoms with E-state index in [1.165, 1.54) is 42.7 Å². The summed E-state index contributed by atoms with van der Waals surface area (Å²) in [6, 6.07) is 95.0. The van der Waals surface area contributed by atoms with Crippen LogP contribution in [0.5, 0.6) is 0 Å². The van der Waals surface area contributed by atoms with E-state index in [0.717, 1.165) is 109 Å². The van der Waals surface area contributed by atoms with Crippen LogP contribution in [0.15, 0.2) is 306 Å². The molecule has 5 atom stereocenters. The normalized spacial score (nSPS) is 14.6. The predicted octanol–water partition coefficient (Wildman–Crippen LogP) is 14.9. The van der Waals surface area contributed by atoms with E-state index < -0.39 is 14.1 Å². The van der Waals surface area contributed by atoms with Crippen LogP contribution in [-0.4, -0.2) is 156 Å². The van der Waals surface area contributed by atoms with Gasteiger partial charge in [0.15, 0.2) is 0 Å². The molecule has 4 saturated heterocycles. The summed E-state index contributed by atoms with van der Waals surface area (Å²) in [5.74, 6) is 2.58. The number of methoxy groups -OCH3 is 2. The number of hydrogen-bond acceptors (Lipinski definition) is 23. The van der Waals surface area contributed by atoms with Gasteiger partial charge in [-0.05, 0) is 233 Å². The maximum Gasteiger partial charge on any atom is 1.00 e. The third-order valence-electron chi connectivity index (χ3n) is 19.7. The number of carbonyl (C=O) groups excluding carboxylic acids is 8. The van der Waals surface area contributed by atoms with Crippen molar-refractivity contribution in [1.29, 1.82) is 5.26 Å². The van der Waals surface area contributed by atoms with Crippen LogP contribution in [0.1, 0.15) is 70.1 Å². The van der Waals surface area contributed by atoms with Crippen molar-refractivity contribution in [2.24, 2.45) is 11.6 Å². The van der Waals surface area contributed by atoms with E-state index in [2.05, 4.69) is 206 Å². The Hall–Kier alpha value is -8.12. The fourth-order valence-corrected chi connectivity index (χ4v) is 16.6. The Balaban J connectivity index is 0.000000406. The number of ether oxygens (including phenoxy) is 2. The number of fused-ring (bicyclic) bond motifs is 7. The van der Waals surface area contributed by atoms with Gasteiger partial charge in [0.05, 0.1) is 47.1 Å². The Morgan fingerprint density at radius 3 is 1.18 bits per heavy atom. The smallest absolute Gasteiger partial charge is 0.870 e. The molecule has 0 spiro atoms. The van der Waals surface area contributed by atoms with Crippen molar-refractivity contribution in [3.8, 4) is 6.07 Å². The average molecular weight is 2560 g/mol. The first-order valence-corrected chi connectivity index (χ1v) is 58.9. The molecule has 5 amide bonds. The number of benzene rings is 12. The molecule has 1 aromatic heterocycles. The number of halogens is 8. The van der Waals surface area contributed by atoms with Gasteiger partial charge in [0.25, 0.3) is 5.91 Å². The van der Waals surface area contributed by atoms with Gasteiger partial charge in [-0.15, -0.1) is 0 Å². The number of rotatable bonds is 15. The first kappa shape index (κ1) is 122. The number of carbonyl (C=O) groups is 8. The van der Waals surface area contributed by atoms with Crippen LogP contribution in [0.3, 0.4) is 0 Å². The van der Waals surface area contributed by atoms with Crippen molar-refractivity contribution in [1.82, 2.24) is 11.6 Å². The Kier molecular flexibility index (Phi) is 59.7. The summed E-state index contributed by atoms with van der Waals surface area (Å²) in [5.41, 5.74) is 21.9. The molecule has 12 aromatic carbocycles. The van der Waals surface area contributed by atoms with Crippen LogP contribution in [0.2, 0.25) is 0 Å². The number of esters is 2. The molecule has 17 rings (SSSR count). The van der Waals surface area contributed by atoms with Gasteiger partial charge in [0, 0.05) is 112 Å². The number of para-hydroxylation sites is 5. The summed E-state index contributed by atoms with van der Waals surface area (Å²) < 4.78 is 25.0. The van der Waals surface area contributed by atoms with Crippen molar-refractivity contribution in [2.45, 2.75) is 66.8 Å². The van der Waals surface area contributed by atoms with Gasteiger partial charge in [-0.2, -0.15) is 5.26 Å². The van der Waals surface area contributed by atoms with Crippen LogP contribution < -0.4 is 129 Å². The molecule has 0 radical (unpaired) electrons. The SMILES string of the molecule is CC#N.CN(C)p1oc2ccc3ccccc3c2c2c(ccc3ccccc32)o1.COC(=O)c1ccc(I)cc1.COC(=O)c1ccc(NC2CCN(c3ccccc3)C2=O)cc1.I[I-]I.N.NC1CCN(c2ccccc2)C1=O.NO.Nc1ccccc1.O.O=C(Cl)C(Br)CCBr.O=C(NO)c1ccc(NC2CCN(c3ccccc3)C2=O)cc1.O=C1C(Br)CCN1c1ccccc1.[K+].[OH-]. The minimum Gasteiger partial charge on any atom is -0.870 e. The molecule has 718 valence electrons. The molecule has 13 aromatic rings. The largest absolute Gasteiger partial charge is 1.00 e. The molecule has 4 fully saturated rings. The first-order chi connectivity index (χ1) is 63.8. The number of hydroxylamine groups is 1. The van der Waals surface area contributed by atoms with Gasteiger partial charge in [0.2, 0.25) is 28.9 Å². The number of nitrogens with zero attached hydrogens (tertiary/aromatic N) is 6. The molecular formula is C97H106Br3ClI4KN13O16P-. The number of amides is 5. The summed E-state index contributed by atoms with van der Waals surface area (Å²) in [6.45, 7) is 4.36. The maximum atomic E-state index is 12.5. The second-order valence-electron chi connectivity index (χ2n) is 28.5. The first-order valence-electron chi connectivity index (χ1n) is 40.8. The van der Waals surface area contributed by atoms with Gasteiger partial charge < -0.3 is 81.9 Å². The minimum absolute atomic E-state index is 0. The van der Waals surface area contributed by atoms with Crippen molar-refractivity contribution in [3.05, 3.63) is 318 Å². The van der Waals surface area contributed by atoms with Gasteiger partial charge in [0.1, 0.15) is 23.2 Å². The molecule has 4 aliphatic heterocycles. The van der Waals surface area contributed by atoms with Crippen molar-refractivity contribution >= 4 is 257 Å². The molecule has 5 heterocycles. The summed E-state index contributed by atoms with van der Waals surface area (Å²) in [6.07, 6.45) is 3.85. The molecule has 0 bridgehead atoms. The standard InChI is InChI=1S/C22H18NO2P.C18H18N2O3.C17H17N3O3.C10H10BrNO.C10H12N2O.C8H7IO2.C6H7N.C4H5Br2ClO.C2H3N.I3.K.H3NO.H3N.2H2O/c1-23(2)26-24-19-13-11-15-7-3-5-9-17(15)21(19)22-18-10-6-4-8-16(18)12-14-20(22)25-26;1-23-18(22)13-7-9-14(10-8-13)19-16-11-12-20(17(16)21)15-5-3-2-4-6-15;21-16(19-23)12-6-8-13(9-7-12)18-15-10-11-20(17(15)22)14-4-2-1-3-5-14;2*11-9-6-7-12(10(9)13)8-4-2-1-3-5-8;1-11-8(10)6-2-4-7(9)5-3-6;7-6-4-2-1-3-5-6;5-2-1-3(6)4(7)8;1-2-3;1-3-2;;1-2;;;/h3-14H,1-2H3;2-10,16,19H,11-12H2,1H3;1-9,15,18,23H,10-11H2,(H,19,21);1-5,9H,6-7H2;1-5,9H,6-7,11H2;2-5H,1H3;1-5H,7H2;3H,1-2H2;1H3;;;2H,1H2;1H3;2*1H2/q;;;;;;;;;-1;+1;;;;/p-1. The zero-order valence-corrected chi connectivity index (χ0v) is 93.2. The Morgan fingerprint density at radius 2 is 0.875 bits per heavy atom. The molecule has 5 unspecified atom stereocenters. The number of nitrogens with one attached hydrogen (secondary N) is 3. The zero-order valence-electron chi connectivity index (χ0n) is 75.1. The van der Waals surface area contributed by atoms with Gasteiger partial charge in [-0.25, -0.2) is 25.6 Å². The van der Waals surface area contributed by atoms with E-state index in [9.17, 15) is 38.4 Å². The number of hydrogen-bond donors (Lipinski definition) is 9. The molecular weight excluding hydrogens is 2460 g/mol. The fourth-order valence-electron chi connectivity index (χ4n) is 13.3. The van der Waals surface area contributed by atoms with Crippen LogP contribution in [0.4, 0.5) is 39.8 Å². The Morgan fingerprint density at radius 1 is 0.551 bits per heavy atom. The number of nitriles is 1. The monoisotopic (exact) mass is 2560 g/mol. The average Bonchev–Trinajstić information content (AvgIpc) is 1.49. The van der Waals surface area contributed by atoms with Crippen LogP contribution in [0, 0.1) is 14.9 Å². The Labute approximate surface area is 907 Å². The fraction of sp³-hybridized carbons (Fsp3) is 0.206. The van der Waals surface area contributed by atoms with Crippen molar-refractivity contribution < 1.29 is 142 Å². The van der Waals surface area contributed by atoms with Gasteiger partial charge in [-0.1, -0.05) is 199 Å². The minimum atomic E-state index is -1.21. The Bertz CT molecular complexity index is 5640. The van der Waals surface area contributed by atoms with Crippen LogP contribution >= 0.6 is 127 Å². The predicted molar refractivity (Wildman–Crippen MR) is 573 cm³/mol. The van der Waals surface area contributed by atoms with Crippen LogP contribution in [-0.2, 0) is 33.4 Å². The number of anilines is 7. The molecule has 17 N–H and O–H groups in total. The number of alkyl halides is 3. The number of nitrogens with two attached hydrogens (primary N) is 3. The van der Waals surface area contributed by atoms with Gasteiger partial charge in [-0.3, -0.25) is 34.0 Å². The summed E-state index contributed by atoms with van der Waals surface area (Å²) in [4.78, 5) is 98.9. The molecule has 0 saturated carbocycles. The second-order valence-corrected chi connectivity index (χ2v) is 51.0. The van der Waals surface area contributed by atoms with Crippen molar-refractivity contribution in [2.75, 3.05) is 100 Å². The summed E-state index contributed by atoms with van der Waals surface area (Å²) in [7, 11) is 5.49. The van der Waals surface area contributed by atoms with Crippen molar-refractivity contribution in [3.63, 3.8) is 0 Å². The topological polar surface area (TPSA) is 472 Å². The summed E-state index contributed by atoms with van der Waals surface area (Å²) in [5, 5.41) is 36.3. The third kappa shape index (κ3) is 38.1. The number of nitrogen functional groups attached to an aromatic ring is 1. The second kappa shape index (κ2) is 66.5. The van der Waals surface area contributed by atoms with E-state index in [0.29, 0.717) is 49.5 Å². The van der Waals surface area contributed by atoms with E-state index in [4.69, 9.17) is 47.1 Å². The van der Waals surface area contributed by atoms with E-state index in [1.54, 1.807) is 86.9 Å². The molecule has 136 heavy (non-hydrogen) atoms. The zero-order chi connectivity index (χ0) is 96.0. The van der Waals surface area contributed by atoms with E-state index >= 15 is 0 Å². The molecule has 4 aliphatic rings. The quantitative estimate of drug-likeness (QED) is 0.00673. The molecule has 29 nitrogen and oxygen atoms in total. The van der Waals surface area contributed by atoms with E-state index in [1.807, 2.05) is 187 Å². The summed E-state index contributed by atoms with van der Waals surface area (Å²) >= 11 is 22.2. The van der Waals surface area contributed by atoms with Gasteiger partial charge >= 0.3 is 122 Å². The molecule has 39 heteroatoms. The molecule has 0 aliphatic carbocycles. The van der Waals surface area contributed by atoms with Crippen LogP contribution in [0.25, 0.3) is 43.5 Å². The van der Waals surface area contributed by atoms with E-state index in [-0.39, 0.29) is 137 Å².